The van der Waals surface area contributed by atoms with Gasteiger partial charge in [0.2, 0.25) is 15.8 Å². The van der Waals surface area contributed by atoms with Gasteiger partial charge in [0.15, 0.2) is 5.60 Å². The standard InChI is InChI=1S/C19H15F4NO4S/c1-18(2)17(25)15(10-4-3-5-12(8-10)19(21,22)23)16(28-18)11-6-7-14(13(20)9-11)29(24,26)27/h3-9H,1-2H3,(H2,24,26,27). The molecule has 0 unspecified atom stereocenters. The molecule has 0 bridgehead atoms. The second-order valence-electron chi connectivity index (χ2n) is 6.91. The van der Waals surface area contributed by atoms with Crippen LogP contribution in [0.15, 0.2) is 47.4 Å². The molecule has 0 amide bonds. The van der Waals surface area contributed by atoms with Crippen LogP contribution in [-0.2, 0) is 25.7 Å². The number of benzene rings is 2. The largest absolute Gasteiger partial charge is 0.478 e. The Morgan fingerprint density at radius 2 is 1.69 bits per heavy atom. The van der Waals surface area contributed by atoms with Crippen LogP contribution in [0, 0.1) is 5.82 Å². The van der Waals surface area contributed by atoms with E-state index in [2.05, 4.69) is 0 Å². The van der Waals surface area contributed by atoms with Gasteiger partial charge in [0.25, 0.3) is 0 Å². The van der Waals surface area contributed by atoms with Crippen LogP contribution in [0.1, 0.15) is 30.5 Å². The van der Waals surface area contributed by atoms with E-state index >= 15 is 0 Å². The van der Waals surface area contributed by atoms with E-state index in [0.717, 1.165) is 30.3 Å². The average molecular weight is 429 g/mol. The third-order valence-corrected chi connectivity index (χ3v) is 5.28. The first-order chi connectivity index (χ1) is 13.2. The fraction of sp³-hybridized carbons (Fsp3) is 0.211. The molecule has 1 aliphatic rings. The molecule has 0 spiro atoms. The Morgan fingerprint density at radius 1 is 1.03 bits per heavy atom. The Morgan fingerprint density at radius 3 is 2.24 bits per heavy atom. The molecule has 2 aromatic carbocycles. The van der Waals surface area contributed by atoms with Crippen molar-refractivity contribution in [2.24, 2.45) is 5.14 Å². The smallest absolute Gasteiger partial charge is 0.416 e. The zero-order valence-corrected chi connectivity index (χ0v) is 16.0. The van der Waals surface area contributed by atoms with Gasteiger partial charge in [-0.1, -0.05) is 12.1 Å². The van der Waals surface area contributed by atoms with E-state index in [0.29, 0.717) is 0 Å². The lowest BCUT2D eigenvalue weighted by molar-refractivity contribution is -0.137. The predicted octanol–water partition coefficient (Wildman–Crippen LogP) is 3.74. The van der Waals surface area contributed by atoms with Gasteiger partial charge < -0.3 is 4.74 Å². The van der Waals surface area contributed by atoms with Crippen LogP contribution < -0.4 is 5.14 Å². The number of hydrogen-bond donors (Lipinski definition) is 1. The zero-order valence-electron chi connectivity index (χ0n) is 15.2. The van der Waals surface area contributed by atoms with E-state index < -0.39 is 43.9 Å². The van der Waals surface area contributed by atoms with Crippen molar-refractivity contribution in [1.29, 1.82) is 0 Å². The number of hydrogen-bond acceptors (Lipinski definition) is 4. The van der Waals surface area contributed by atoms with Crippen molar-refractivity contribution in [3.8, 4) is 0 Å². The Bertz CT molecular complexity index is 1150. The molecule has 2 aromatic rings. The first kappa shape index (κ1) is 21.0. The SMILES string of the molecule is CC1(C)OC(c2ccc(S(N)(=O)=O)c(F)c2)=C(c2cccc(C(F)(F)F)c2)C1=O. The maximum Gasteiger partial charge on any atom is 0.416 e. The van der Waals surface area contributed by atoms with Crippen molar-refractivity contribution >= 4 is 27.1 Å². The summed E-state index contributed by atoms with van der Waals surface area (Å²) in [4.78, 5) is 12.1. The second-order valence-corrected chi connectivity index (χ2v) is 8.44. The quantitative estimate of drug-likeness (QED) is 0.754. The van der Waals surface area contributed by atoms with Crippen LogP contribution in [0.2, 0.25) is 0 Å². The van der Waals surface area contributed by atoms with Crippen molar-refractivity contribution in [3.63, 3.8) is 0 Å². The lowest BCUT2D eigenvalue weighted by Gasteiger charge is -2.18. The van der Waals surface area contributed by atoms with E-state index in [9.17, 15) is 30.8 Å². The summed E-state index contributed by atoms with van der Waals surface area (Å²) in [5.41, 5.74) is -2.60. The van der Waals surface area contributed by atoms with Crippen molar-refractivity contribution in [1.82, 2.24) is 0 Å². The number of alkyl halides is 3. The highest BCUT2D eigenvalue weighted by Crippen LogP contribution is 2.42. The normalized spacial score (nSPS) is 16.9. The first-order valence-corrected chi connectivity index (χ1v) is 9.75. The summed E-state index contributed by atoms with van der Waals surface area (Å²) in [5.74, 6) is -1.93. The van der Waals surface area contributed by atoms with E-state index in [-0.39, 0.29) is 22.5 Å². The zero-order chi connectivity index (χ0) is 21.8. The molecule has 3 rings (SSSR count). The molecule has 29 heavy (non-hydrogen) atoms. The monoisotopic (exact) mass is 429 g/mol. The van der Waals surface area contributed by atoms with Gasteiger partial charge in [0, 0.05) is 5.56 Å². The molecule has 0 fully saturated rings. The maximum atomic E-state index is 14.3. The van der Waals surface area contributed by atoms with Gasteiger partial charge in [-0.3, -0.25) is 4.79 Å². The number of ketones is 1. The van der Waals surface area contributed by atoms with Gasteiger partial charge >= 0.3 is 6.18 Å². The van der Waals surface area contributed by atoms with Gasteiger partial charge in [0.05, 0.1) is 11.1 Å². The third-order valence-electron chi connectivity index (χ3n) is 4.34. The number of halogens is 4. The maximum absolute atomic E-state index is 14.3. The summed E-state index contributed by atoms with van der Waals surface area (Å²) in [6.07, 6.45) is -4.63. The van der Waals surface area contributed by atoms with Gasteiger partial charge in [0.1, 0.15) is 16.5 Å². The summed E-state index contributed by atoms with van der Waals surface area (Å²) in [5, 5.41) is 4.93. The van der Waals surface area contributed by atoms with E-state index in [1.54, 1.807) is 0 Å². The number of carbonyl (C=O) groups is 1. The molecule has 5 nitrogen and oxygen atoms in total. The highest BCUT2D eigenvalue weighted by atomic mass is 32.2. The molecule has 2 N–H and O–H groups in total. The van der Waals surface area contributed by atoms with E-state index in [4.69, 9.17) is 9.88 Å². The van der Waals surface area contributed by atoms with Gasteiger partial charge in [-0.2, -0.15) is 13.2 Å². The second kappa shape index (κ2) is 6.67. The van der Waals surface area contributed by atoms with Crippen molar-refractivity contribution in [2.45, 2.75) is 30.5 Å². The van der Waals surface area contributed by atoms with Crippen LogP contribution in [-0.4, -0.2) is 19.8 Å². The molecular weight excluding hydrogens is 414 g/mol. The summed E-state index contributed by atoms with van der Waals surface area (Å²) in [7, 11) is -4.32. The molecule has 10 heteroatoms. The molecule has 0 aliphatic carbocycles. The number of Topliss-reactive ketones (excluding diaryl/α,β-unsaturated/α-hetero) is 1. The van der Waals surface area contributed by atoms with Crippen LogP contribution >= 0.6 is 0 Å². The topological polar surface area (TPSA) is 86.5 Å². The molecular formula is C19H15F4NO4S. The van der Waals surface area contributed by atoms with E-state index in [1.807, 2.05) is 0 Å². The summed E-state index contributed by atoms with van der Waals surface area (Å²) in [6.45, 7) is 2.84. The molecule has 1 aliphatic heterocycles. The molecule has 154 valence electrons. The Hall–Kier alpha value is -2.72. The average Bonchev–Trinajstić information content (AvgIpc) is 2.83. The fourth-order valence-corrected chi connectivity index (χ4v) is 3.53. The number of carbonyl (C=O) groups excluding carboxylic acids is 1. The van der Waals surface area contributed by atoms with Crippen LogP contribution in [0.3, 0.4) is 0 Å². The number of ether oxygens (including phenoxy) is 1. The van der Waals surface area contributed by atoms with Crippen LogP contribution in [0.25, 0.3) is 11.3 Å². The van der Waals surface area contributed by atoms with Crippen molar-refractivity contribution in [2.75, 3.05) is 0 Å². The molecule has 0 aromatic heterocycles. The fourth-order valence-electron chi connectivity index (χ4n) is 2.95. The molecule has 0 atom stereocenters. The minimum Gasteiger partial charge on any atom is -0.478 e. The minimum atomic E-state index is -4.63. The van der Waals surface area contributed by atoms with E-state index in [1.165, 1.54) is 26.0 Å². The molecule has 0 saturated heterocycles. The molecule has 0 radical (unpaired) electrons. The number of rotatable bonds is 3. The minimum absolute atomic E-state index is 0.0127. The lowest BCUT2D eigenvalue weighted by atomic mass is 9.92. The first-order valence-electron chi connectivity index (χ1n) is 8.20. The number of primary sulfonamides is 1. The van der Waals surface area contributed by atoms with Gasteiger partial charge in [-0.25, -0.2) is 17.9 Å². The molecule has 1 heterocycles. The van der Waals surface area contributed by atoms with Gasteiger partial charge in [-0.15, -0.1) is 0 Å². The predicted molar refractivity (Wildman–Crippen MR) is 96.2 cm³/mol. The number of sulfonamides is 1. The Labute approximate surface area is 163 Å². The van der Waals surface area contributed by atoms with Gasteiger partial charge in [-0.05, 0) is 49.7 Å². The number of nitrogens with two attached hydrogens (primary N) is 1. The summed E-state index contributed by atoms with van der Waals surface area (Å²) < 4.78 is 81.9. The highest BCUT2D eigenvalue weighted by molar-refractivity contribution is 7.89. The van der Waals surface area contributed by atoms with Crippen molar-refractivity contribution in [3.05, 3.63) is 65.0 Å². The lowest BCUT2D eigenvalue weighted by Crippen LogP contribution is -2.29. The van der Waals surface area contributed by atoms with Crippen LogP contribution in [0.5, 0.6) is 0 Å². The van der Waals surface area contributed by atoms with Crippen LogP contribution in [0.4, 0.5) is 17.6 Å². The summed E-state index contributed by atoms with van der Waals surface area (Å²) >= 11 is 0. The summed E-state index contributed by atoms with van der Waals surface area (Å²) in [6, 6.07) is 6.98. The Balaban J connectivity index is 2.23. The van der Waals surface area contributed by atoms with Crippen molar-refractivity contribution < 1.29 is 35.5 Å². The molecule has 0 saturated carbocycles. The Kier molecular flexibility index (Phi) is 4.83. The third kappa shape index (κ3) is 3.90. The highest BCUT2D eigenvalue weighted by Gasteiger charge is 2.43.